The van der Waals surface area contributed by atoms with Gasteiger partial charge < -0.3 is 15.2 Å². The Hall–Kier alpha value is -2.62. The first kappa shape index (κ1) is 37.8. The average molecular weight is 797 g/mol. The summed E-state index contributed by atoms with van der Waals surface area (Å²) in [6.07, 6.45) is 5.38. The molecule has 1 heterocycles. The molecule has 0 saturated carbocycles. The van der Waals surface area contributed by atoms with E-state index in [1.807, 2.05) is 6.20 Å². The van der Waals surface area contributed by atoms with Crippen molar-refractivity contribution < 1.29 is 30.3 Å². The van der Waals surface area contributed by atoms with Crippen LogP contribution in [0.4, 0.5) is 0 Å². The molecule has 0 aliphatic carbocycles. The fourth-order valence-corrected chi connectivity index (χ4v) is 6.26. The summed E-state index contributed by atoms with van der Waals surface area (Å²) in [5.41, 5.74) is 3.27. The number of pyridine rings is 1. The van der Waals surface area contributed by atoms with Crippen molar-refractivity contribution in [1.29, 1.82) is 0 Å². The van der Waals surface area contributed by atoms with Crippen LogP contribution in [-0.4, -0.2) is 27.4 Å². The number of hydrogen-bond acceptors (Lipinski definition) is 3. The summed E-state index contributed by atoms with van der Waals surface area (Å²) in [6.45, 7) is 19.4. The van der Waals surface area contributed by atoms with Gasteiger partial charge in [0.25, 0.3) is 0 Å². The van der Waals surface area contributed by atoms with E-state index in [0.717, 1.165) is 36.9 Å². The molecule has 5 rings (SSSR count). The Morgan fingerprint density at radius 1 is 0.630 bits per heavy atom. The number of aliphatic hydroxyl groups is 2. The molecule has 0 saturated heterocycles. The Morgan fingerprint density at radius 3 is 1.50 bits per heavy atom. The van der Waals surface area contributed by atoms with Crippen molar-refractivity contribution in [1.82, 2.24) is 4.98 Å². The Bertz CT molecular complexity index is 1670. The number of hydrogen-bond donors (Lipinski definition) is 2. The maximum Gasteiger partial charge on any atom is 0.0618 e. The number of benzene rings is 4. The molecule has 0 amide bonds. The van der Waals surface area contributed by atoms with Crippen LogP contribution in [-0.2, 0) is 25.5 Å². The Morgan fingerprint density at radius 2 is 1.07 bits per heavy atom. The second kappa shape index (κ2) is 15.5. The maximum atomic E-state index is 10.3. The van der Waals surface area contributed by atoms with Crippen LogP contribution in [0, 0.1) is 16.9 Å². The molecule has 2 unspecified atom stereocenters. The third-order valence-corrected chi connectivity index (χ3v) is 10.9. The van der Waals surface area contributed by atoms with E-state index in [1.54, 1.807) is 0 Å². The van der Waals surface area contributed by atoms with Crippen LogP contribution in [0.5, 0.6) is 0 Å². The number of rotatable bonds is 9. The van der Waals surface area contributed by atoms with Crippen molar-refractivity contribution in [3.8, 4) is 11.3 Å². The van der Waals surface area contributed by atoms with Gasteiger partial charge in [0.1, 0.15) is 0 Å². The summed E-state index contributed by atoms with van der Waals surface area (Å²) in [4.78, 5) is 4.64. The van der Waals surface area contributed by atoms with Gasteiger partial charge in [0.05, 0.1) is 12.2 Å². The predicted octanol–water partition coefficient (Wildman–Crippen LogP) is 11.1. The van der Waals surface area contributed by atoms with Crippen molar-refractivity contribution in [2.45, 2.75) is 112 Å². The molecule has 4 aromatic carbocycles. The van der Waals surface area contributed by atoms with Crippen molar-refractivity contribution in [2.24, 2.45) is 10.8 Å². The molecule has 46 heavy (non-hydrogen) atoms. The molecule has 249 valence electrons. The van der Waals surface area contributed by atoms with Crippen molar-refractivity contribution in [3.63, 3.8) is 0 Å². The SMILES string of the molecule is CC(C)(C)c1ccnc(-c2[c-]cc3c4ccccc4c4ccccc4c3c2)c1.CCC(C)(CC)C(O)CC(O)C(C)(CC)CC.[Ir]. The maximum absolute atomic E-state index is 10.3. The second-order valence-corrected chi connectivity index (χ2v) is 14.4. The first-order valence-electron chi connectivity index (χ1n) is 16.9. The summed E-state index contributed by atoms with van der Waals surface area (Å²) >= 11 is 0. The van der Waals surface area contributed by atoms with Crippen LogP contribution in [0.25, 0.3) is 43.6 Å². The molecule has 0 bridgehead atoms. The van der Waals surface area contributed by atoms with Gasteiger partial charge in [-0.05, 0) is 75.4 Å². The van der Waals surface area contributed by atoms with E-state index in [9.17, 15) is 10.2 Å². The zero-order valence-corrected chi connectivity index (χ0v) is 31.8. The Balaban J connectivity index is 0.000000280. The molecule has 5 aromatic rings. The summed E-state index contributed by atoms with van der Waals surface area (Å²) in [5.74, 6) is 0. The quantitative estimate of drug-likeness (QED) is 0.115. The molecule has 4 heteroatoms. The van der Waals surface area contributed by atoms with Crippen LogP contribution in [0.3, 0.4) is 0 Å². The molecule has 0 fully saturated rings. The van der Waals surface area contributed by atoms with Crippen molar-refractivity contribution in [2.75, 3.05) is 0 Å². The average Bonchev–Trinajstić information content (AvgIpc) is 3.07. The number of aliphatic hydroxyl groups excluding tert-OH is 2. The monoisotopic (exact) mass is 797 g/mol. The van der Waals surface area contributed by atoms with E-state index in [4.69, 9.17) is 0 Å². The van der Waals surface area contributed by atoms with Crippen LogP contribution >= 0.6 is 0 Å². The van der Waals surface area contributed by atoms with E-state index >= 15 is 0 Å². The van der Waals surface area contributed by atoms with Gasteiger partial charge in [0.15, 0.2) is 0 Å². The second-order valence-electron chi connectivity index (χ2n) is 14.4. The van der Waals surface area contributed by atoms with Gasteiger partial charge in [-0.15, -0.1) is 23.8 Å². The summed E-state index contributed by atoms with van der Waals surface area (Å²) in [5, 5.41) is 28.3. The third-order valence-electron chi connectivity index (χ3n) is 10.9. The minimum atomic E-state index is -0.412. The molecule has 0 aliphatic heterocycles. The number of fused-ring (bicyclic) bond motifs is 6. The van der Waals surface area contributed by atoms with Gasteiger partial charge in [-0.3, -0.25) is 0 Å². The van der Waals surface area contributed by atoms with Gasteiger partial charge >= 0.3 is 0 Å². The molecule has 1 aromatic heterocycles. The van der Waals surface area contributed by atoms with Gasteiger partial charge in [-0.25, -0.2) is 0 Å². The van der Waals surface area contributed by atoms with Crippen LogP contribution in [0.2, 0.25) is 0 Å². The van der Waals surface area contributed by atoms with Crippen molar-refractivity contribution >= 4 is 32.3 Å². The normalized spacial score (nSPS) is 13.6. The smallest absolute Gasteiger partial charge is 0.0618 e. The molecule has 0 aliphatic rings. The van der Waals surface area contributed by atoms with Crippen LogP contribution in [0.1, 0.15) is 100.0 Å². The first-order chi connectivity index (χ1) is 21.3. The van der Waals surface area contributed by atoms with E-state index < -0.39 is 12.2 Å². The van der Waals surface area contributed by atoms with Gasteiger partial charge in [-0.1, -0.05) is 133 Å². The van der Waals surface area contributed by atoms with Crippen LogP contribution < -0.4 is 0 Å². The number of aromatic nitrogens is 1. The molecule has 3 nitrogen and oxygen atoms in total. The molecule has 1 radical (unpaired) electrons. The minimum Gasteiger partial charge on any atom is -0.392 e. The fourth-order valence-electron chi connectivity index (χ4n) is 6.26. The summed E-state index contributed by atoms with van der Waals surface area (Å²) in [7, 11) is 0. The van der Waals surface area contributed by atoms with Crippen molar-refractivity contribution in [3.05, 3.63) is 90.6 Å². The van der Waals surface area contributed by atoms with E-state index in [0.29, 0.717) is 6.42 Å². The van der Waals surface area contributed by atoms with Gasteiger partial charge in [0, 0.05) is 32.7 Å². The fraction of sp³-hybridized carbons (Fsp3) is 0.452. The standard InChI is InChI=1S/C27H22N.C15H32O2.Ir/c1-27(2,3)19-14-15-28-26(17-19)18-12-13-24-22-10-5-4-8-20(22)21-9-6-7-11-23(21)25(24)16-18;1-7-14(5,8-2)12(16)11-13(17)15(6,9-3)10-4;/h4-11,13-17H,1-3H3;12-13,16-17H,7-11H2,1-6H3;/q-1;;. The zero-order valence-electron chi connectivity index (χ0n) is 29.4. The van der Waals surface area contributed by atoms with Gasteiger partial charge in [0.2, 0.25) is 0 Å². The number of nitrogens with zero attached hydrogens (tertiary/aromatic N) is 1. The Kier molecular flexibility index (Phi) is 12.8. The van der Waals surface area contributed by atoms with Gasteiger partial charge in [-0.2, -0.15) is 0 Å². The summed E-state index contributed by atoms with van der Waals surface area (Å²) in [6, 6.07) is 29.5. The Labute approximate surface area is 291 Å². The predicted molar refractivity (Wildman–Crippen MR) is 194 cm³/mol. The molecule has 2 N–H and O–H groups in total. The van der Waals surface area contributed by atoms with E-state index in [1.165, 1.54) is 37.9 Å². The summed E-state index contributed by atoms with van der Waals surface area (Å²) < 4.78 is 0. The zero-order chi connectivity index (χ0) is 33.0. The minimum absolute atomic E-state index is 0. The molecule has 2 atom stereocenters. The third kappa shape index (κ3) is 7.91. The molecular formula is C42H54IrNO2-. The van der Waals surface area contributed by atoms with Crippen LogP contribution in [0.15, 0.2) is 79.0 Å². The first-order valence-corrected chi connectivity index (χ1v) is 16.9. The molecular weight excluding hydrogens is 743 g/mol. The molecule has 0 spiro atoms. The van der Waals surface area contributed by atoms with E-state index in [2.05, 4.69) is 146 Å². The van der Waals surface area contributed by atoms with E-state index in [-0.39, 0.29) is 36.4 Å². The largest absolute Gasteiger partial charge is 0.392 e. The topological polar surface area (TPSA) is 53.4 Å².